The first-order chi connectivity index (χ1) is 10.8. The Morgan fingerprint density at radius 2 is 2.22 bits per heavy atom. The number of aliphatic hydroxyl groups excluding tert-OH is 1. The Morgan fingerprint density at radius 3 is 2.83 bits per heavy atom. The van der Waals surface area contributed by atoms with Crippen molar-refractivity contribution < 1.29 is 23.8 Å². The summed E-state index contributed by atoms with van der Waals surface area (Å²) in [5.74, 6) is -0.752. The number of anilines is 1. The van der Waals surface area contributed by atoms with E-state index in [0.717, 1.165) is 6.07 Å². The Morgan fingerprint density at radius 1 is 1.52 bits per heavy atom. The van der Waals surface area contributed by atoms with E-state index in [1.54, 1.807) is 0 Å². The van der Waals surface area contributed by atoms with Gasteiger partial charge >= 0.3 is 5.97 Å². The van der Waals surface area contributed by atoms with Crippen LogP contribution in [0.1, 0.15) is 20.3 Å². The fraction of sp³-hybridized carbons (Fsp3) is 0.533. The van der Waals surface area contributed by atoms with Crippen molar-refractivity contribution in [1.82, 2.24) is 5.01 Å². The van der Waals surface area contributed by atoms with Crippen LogP contribution in [0.3, 0.4) is 0 Å². The predicted octanol–water partition coefficient (Wildman–Crippen LogP) is 2.20. The molecule has 2 N–H and O–H groups in total. The fourth-order valence-corrected chi connectivity index (χ4v) is 2.61. The van der Waals surface area contributed by atoms with Gasteiger partial charge in [0.25, 0.3) is 0 Å². The Balaban J connectivity index is 2.22. The number of β-amino-alcohol motifs (C(OH)–C–C–N with tert-alkyl or cyclic N) is 1. The van der Waals surface area contributed by atoms with Gasteiger partial charge in [0.05, 0.1) is 30.0 Å². The van der Waals surface area contributed by atoms with Gasteiger partial charge in [0, 0.05) is 19.0 Å². The molecule has 2 rings (SSSR count). The summed E-state index contributed by atoms with van der Waals surface area (Å²) in [6.45, 7) is 3.83. The number of benzene rings is 1. The maximum Gasteiger partial charge on any atom is 0.325 e. The molecular formula is C15H20ClFN2O4. The van der Waals surface area contributed by atoms with Crippen molar-refractivity contribution in [3.8, 4) is 5.75 Å². The fourth-order valence-electron chi connectivity index (χ4n) is 2.41. The highest BCUT2D eigenvalue weighted by atomic mass is 35.5. The van der Waals surface area contributed by atoms with Gasteiger partial charge in [-0.1, -0.05) is 11.6 Å². The molecule has 0 radical (unpaired) electrons. The molecule has 0 aromatic heterocycles. The second kappa shape index (κ2) is 7.33. The normalized spacial score (nSPS) is 21.5. The summed E-state index contributed by atoms with van der Waals surface area (Å²) in [5, 5.41) is 11.4. The molecule has 6 nitrogen and oxygen atoms in total. The summed E-state index contributed by atoms with van der Waals surface area (Å²) < 4.78 is 24.3. The topological polar surface area (TPSA) is 71.0 Å². The highest BCUT2D eigenvalue weighted by Gasteiger charge is 2.37. The number of esters is 1. The smallest absolute Gasteiger partial charge is 0.325 e. The van der Waals surface area contributed by atoms with Gasteiger partial charge in [-0.3, -0.25) is 4.79 Å². The van der Waals surface area contributed by atoms with Crippen LogP contribution in [0.25, 0.3) is 0 Å². The minimum atomic E-state index is -0.701. The number of hydrogen-bond acceptors (Lipinski definition) is 6. The monoisotopic (exact) mass is 346 g/mol. The van der Waals surface area contributed by atoms with Crippen LogP contribution in [0.5, 0.6) is 5.75 Å². The summed E-state index contributed by atoms with van der Waals surface area (Å²) in [6.07, 6.45) is -0.611. The number of methoxy groups -OCH3 is 1. The lowest BCUT2D eigenvalue weighted by Gasteiger charge is -2.24. The molecule has 1 heterocycles. The summed E-state index contributed by atoms with van der Waals surface area (Å²) in [4.78, 5) is 11.8. The van der Waals surface area contributed by atoms with Gasteiger partial charge in [-0.15, -0.1) is 0 Å². The van der Waals surface area contributed by atoms with E-state index in [1.807, 2.05) is 13.8 Å². The van der Waals surface area contributed by atoms with Crippen LogP contribution in [0, 0.1) is 5.82 Å². The van der Waals surface area contributed by atoms with Gasteiger partial charge < -0.3 is 20.0 Å². The maximum absolute atomic E-state index is 14.1. The Hall–Kier alpha value is -1.57. The minimum Gasteiger partial charge on any atom is -0.489 e. The summed E-state index contributed by atoms with van der Waals surface area (Å²) in [6, 6.07) is 1.87. The first-order valence-electron chi connectivity index (χ1n) is 7.26. The molecule has 0 saturated carbocycles. The molecule has 1 fully saturated rings. The quantitative estimate of drug-likeness (QED) is 0.796. The average molecular weight is 347 g/mol. The van der Waals surface area contributed by atoms with E-state index in [4.69, 9.17) is 21.1 Å². The average Bonchev–Trinajstić information content (AvgIpc) is 2.83. The first-order valence-corrected chi connectivity index (χ1v) is 7.64. The van der Waals surface area contributed by atoms with Crippen molar-refractivity contribution in [2.24, 2.45) is 0 Å². The number of hydrazine groups is 1. The number of nitrogens with one attached hydrogen (secondary N) is 1. The molecule has 0 amide bonds. The second-order valence-electron chi connectivity index (χ2n) is 5.62. The number of hydrogen-bond donors (Lipinski definition) is 2. The van der Waals surface area contributed by atoms with Crippen LogP contribution in [0.15, 0.2) is 12.1 Å². The molecular weight excluding hydrogens is 327 g/mol. The number of ether oxygens (including phenoxy) is 2. The van der Waals surface area contributed by atoms with Crippen molar-refractivity contribution >= 4 is 23.3 Å². The van der Waals surface area contributed by atoms with Crippen LogP contribution < -0.4 is 10.2 Å². The molecule has 1 aromatic rings. The van der Waals surface area contributed by atoms with Crippen molar-refractivity contribution in [2.75, 3.05) is 19.1 Å². The molecule has 128 valence electrons. The molecule has 0 bridgehead atoms. The standard InChI is InChI=1S/C15H20ClFN2O4/c1-8(2)23-14-6-12(11(17)5-10(14)16)18-19-7-9(20)4-13(19)15(21)22-3/h5-6,8-9,13,18,20H,4,7H2,1-3H3. The third-order valence-corrected chi connectivity index (χ3v) is 3.70. The zero-order chi connectivity index (χ0) is 17.1. The van der Waals surface area contributed by atoms with Crippen LogP contribution >= 0.6 is 11.6 Å². The summed E-state index contributed by atoms with van der Waals surface area (Å²) in [5.41, 5.74) is 2.91. The van der Waals surface area contributed by atoms with Gasteiger partial charge in [0.15, 0.2) is 0 Å². The predicted molar refractivity (Wildman–Crippen MR) is 83.9 cm³/mol. The molecule has 2 unspecified atom stereocenters. The van der Waals surface area contributed by atoms with E-state index >= 15 is 0 Å². The zero-order valence-electron chi connectivity index (χ0n) is 13.2. The van der Waals surface area contributed by atoms with Crippen LogP contribution in [0.2, 0.25) is 5.02 Å². The van der Waals surface area contributed by atoms with E-state index in [-0.39, 0.29) is 29.8 Å². The van der Waals surface area contributed by atoms with E-state index in [1.165, 1.54) is 18.2 Å². The van der Waals surface area contributed by atoms with Gasteiger partial charge in [-0.05, 0) is 19.9 Å². The lowest BCUT2D eigenvalue weighted by atomic mass is 10.2. The minimum absolute atomic E-state index is 0.105. The van der Waals surface area contributed by atoms with Gasteiger partial charge in [0.2, 0.25) is 0 Å². The molecule has 1 aliphatic heterocycles. The SMILES string of the molecule is COC(=O)C1CC(O)CN1Nc1cc(OC(C)C)c(Cl)cc1F. The van der Waals surface area contributed by atoms with Gasteiger partial charge in [-0.2, -0.15) is 0 Å². The Labute approximate surface area is 139 Å². The molecule has 1 aromatic carbocycles. The van der Waals surface area contributed by atoms with Crippen molar-refractivity contribution in [3.05, 3.63) is 23.0 Å². The van der Waals surface area contributed by atoms with Crippen LogP contribution in [-0.2, 0) is 9.53 Å². The van der Waals surface area contributed by atoms with E-state index < -0.39 is 23.9 Å². The second-order valence-corrected chi connectivity index (χ2v) is 6.03. The number of halogens is 2. The molecule has 0 aliphatic carbocycles. The number of rotatable bonds is 5. The largest absolute Gasteiger partial charge is 0.489 e. The van der Waals surface area contributed by atoms with E-state index in [0.29, 0.717) is 5.75 Å². The Bertz CT molecular complexity index is 585. The van der Waals surface area contributed by atoms with E-state index in [9.17, 15) is 14.3 Å². The highest BCUT2D eigenvalue weighted by molar-refractivity contribution is 6.32. The first kappa shape index (κ1) is 17.8. The maximum atomic E-state index is 14.1. The lowest BCUT2D eigenvalue weighted by Crippen LogP contribution is -2.41. The van der Waals surface area contributed by atoms with Crippen molar-refractivity contribution in [1.29, 1.82) is 0 Å². The number of carbonyl (C=O) groups excluding carboxylic acids is 1. The molecule has 1 aliphatic rings. The Kier molecular flexibility index (Phi) is 5.67. The lowest BCUT2D eigenvalue weighted by molar-refractivity contribution is -0.145. The molecule has 8 heteroatoms. The molecule has 2 atom stereocenters. The third kappa shape index (κ3) is 4.25. The van der Waals surface area contributed by atoms with E-state index in [2.05, 4.69) is 5.43 Å². The zero-order valence-corrected chi connectivity index (χ0v) is 13.9. The third-order valence-electron chi connectivity index (χ3n) is 3.40. The number of aliphatic hydroxyl groups is 1. The summed E-state index contributed by atoms with van der Waals surface area (Å²) >= 11 is 5.97. The van der Waals surface area contributed by atoms with Crippen molar-refractivity contribution in [3.63, 3.8) is 0 Å². The van der Waals surface area contributed by atoms with Crippen molar-refractivity contribution in [2.45, 2.75) is 38.5 Å². The number of nitrogens with zero attached hydrogens (tertiary/aromatic N) is 1. The van der Waals surface area contributed by atoms with Gasteiger partial charge in [0.1, 0.15) is 17.6 Å². The molecule has 1 saturated heterocycles. The van der Waals surface area contributed by atoms with Gasteiger partial charge in [-0.25, -0.2) is 9.40 Å². The highest BCUT2D eigenvalue weighted by Crippen LogP contribution is 2.32. The van der Waals surface area contributed by atoms with Crippen LogP contribution in [-0.4, -0.2) is 48.0 Å². The summed E-state index contributed by atoms with van der Waals surface area (Å²) in [7, 11) is 1.27. The molecule has 23 heavy (non-hydrogen) atoms. The number of carbonyl (C=O) groups is 1. The van der Waals surface area contributed by atoms with Crippen LogP contribution in [0.4, 0.5) is 10.1 Å². The molecule has 0 spiro atoms.